The summed E-state index contributed by atoms with van der Waals surface area (Å²) in [5.41, 5.74) is 0. The predicted octanol–water partition coefficient (Wildman–Crippen LogP) is -10.4. The van der Waals surface area contributed by atoms with E-state index in [1.165, 1.54) is 0 Å². The normalized spacial score (nSPS) is 11.0. The van der Waals surface area contributed by atoms with Crippen molar-refractivity contribution >= 4 is 0 Å². The Morgan fingerprint density at radius 2 is 0.480 bits per heavy atom. The molecule has 0 aromatic carbocycles. The molecule has 0 aromatic heterocycles. The standard InChI is InChI=1S/3C4H12N.BrH.ClHO4.ClO3/c3*1-5(2,3)4;;2-1(3,4)5;2-1(3)4/h3*1-4H3;1H;(H,2,3,4,5);/q3*+1;;;-1/p-2. The highest BCUT2D eigenvalue weighted by Gasteiger charge is 1.89. The molecular formula is C12H36BrCl2N3O7. The van der Waals surface area contributed by atoms with E-state index >= 15 is 0 Å². The molecular weight excluding hydrogens is 449 g/mol. The van der Waals surface area contributed by atoms with Gasteiger partial charge in [-0.3, -0.25) is 0 Å². The number of hydrogen-bond donors (Lipinski definition) is 0. The molecule has 0 spiro atoms. The van der Waals surface area contributed by atoms with Gasteiger partial charge in [-0.15, -0.1) is 10.2 Å². The van der Waals surface area contributed by atoms with Crippen LogP contribution in [0, 0.1) is 21.0 Å². The van der Waals surface area contributed by atoms with Crippen LogP contribution in [-0.2, 0) is 0 Å². The summed E-state index contributed by atoms with van der Waals surface area (Å²) in [6.07, 6.45) is 0. The number of rotatable bonds is 0. The lowest BCUT2D eigenvalue weighted by Crippen LogP contribution is -3.00. The molecule has 0 radical (unpaired) electrons. The van der Waals surface area contributed by atoms with Gasteiger partial charge in [0.25, 0.3) is 0 Å². The molecule has 162 valence electrons. The lowest BCUT2D eigenvalue weighted by molar-refractivity contribution is -2.00. The summed E-state index contributed by atoms with van der Waals surface area (Å²) < 4.78 is 62.2. The molecule has 0 bridgehead atoms. The smallest absolute Gasteiger partial charge is 0.0695 e. The molecule has 10 nitrogen and oxygen atoms in total. The molecule has 0 aliphatic carbocycles. The lowest BCUT2D eigenvalue weighted by Gasteiger charge is -2.17. The molecule has 0 saturated heterocycles. The van der Waals surface area contributed by atoms with E-state index in [1.54, 1.807) is 0 Å². The second kappa shape index (κ2) is 18.0. The first-order chi connectivity index (χ1) is 9.73. The molecule has 0 atom stereocenters. The average Bonchev–Trinajstić information content (AvgIpc) is 1.82. The van der Waals surface area contributed by atoms with Gasteiger partial charge >= 0.3 is 0 Å². The zero-order valence-electron chi connectivity index (χ0n) is 17.3. The highest BCUT2D eigenvalue weighted by atomic mass is 79.9. The average molecular weight is 485 g/mol. The molecule has 0 saturated carbocycles. The molecule has 0 aliphatic rings. The lowest BCUT2D eigenvalue weighted by atomic mass is 10.8. The molecule has 0 fully saturated rings. The van der Waals surface area contributed by atoms with Crippen molar-refractivity contribution < 1.29 is 84.1 Å². The van der Waals surface area contributed by atoms with Gasteiger partial charge in [0.1, 0.15) is 0 Å². The molecule has 0 aromatic rings. The Balaban J connectivity index is -0.0000000448. The number of hydrogen-bond acceptors (Lipinski definition) is 7. The quantitative estimate of drug-likeness (QED) is 0.308. The number of quaternary nitrogens is 3. The van der Waals surface area contributed by atoms with Crippen LogP contribution >= 0.6 is 0 Å². The van der Waals surface area contributed by atoms with Gasteiger partial charge in [0, 0.05) is 0 Å². The van der Waals surface area contributed by atoms with Crippen molar-refractivity contribution in [2.45, 2.75) is 0 Å². The zero-order valence-corrected chi connectivity index (χ0v) is 20.4. The molecule has 0 heterocycles. The fraction of sp³-hybridized carbons (Fsp3) is 1.00. The summed E-state index contributed by atoms with van der Waals surface area (Å²) in [6.45, 7) is 0. The van der Waals surface area contributed by atoms with Crippen LogP contribution in [0.25, 0.3) is 0 Å². The van der Waals surface area contributed by atoms with Crippen LogP contribution in [0.4, 0.5) is 0 Å². The molecule has 0 unspecified atom stereocenters. The van der Waals surface area contributed by atoms with E-state index in [0.717, 1.165) is 13.4 Å². The Morgan fingerprint density at radius 1 is 0.480 bits per heavy atom. The van der Waals surface area contributed by atoms with E-state index in [9.17, 15) is 0 Å². The van der Waals surface area contributed by atoms with Crippen LogP contribution in [0.3, 0.4) is 0 Å². The first-order valence-corrected chi connectivity index (χ1v) is 8.61. The summed E-state index contributed by atoms with van der Waals surface area (Å²) in [5.74, 6) is 0. The maximum absolute atomic E-state index is 8.49. The fourth-order valence-electron chi connectivity index (χ4n) is 0. The Labute approximate surface area is 168 Å². The topological polar surface area (TPSA) is 161 Å². The minimum Gasteiger partial charge on any atom is -1.00 e. The van der Waals surface area contributed by atoms with E-state index in [1.807, 2.05) is 0 Å². The minimum atomic E-state index is -4.94. The highest BCUT2D eigenvalue weighted by Crippen LogP contribution is 1.74. The number of halogens is 3. The van der Waals surface area contributed by atoms with Crippen LogP contribution in [0.2, 0.25) is 0 Å². The van der Waals surface area contributed by atoms with Crippen molar-refractivity contribution in [1.82, 2.24) is 0 Å². The van der Waals surface area contributed by atoms with Crippen LogP contribution in [0.1, 0.15) is 0 Å². The maximum atomic E-state index is 8.49. The second-order valence-corrected chi connectivity index (χ2v) is 9.75. The Hall–Kier alpha value is 0.660. The Morgan fingerprint density at radius 3 is 0.480 bits per heavy atom. The highest BCUT2D eigenvalue weighted by molar-refractivity contribution is 3.88. The van der Waals surface area contributed by atoms with Gasteiger partial charge in [-0.05, 0) is 0 Å². The third-order valence-corrected chi connectivity index (χ3v) is 0. The zero-order chi connectivity index (χ0) is 21.6. The SMILES string of the molecule is C[N+](C)(C)C.C[N+](C)(C)C.C[N+](C)(C)C.[Br-].[O-][Cl+2]([O-])[O-].[O-][Cl+3]([O-])([O-])[O-]. The van der Waals surface area contributed by atoms with Gasteiger partial charge in [0.15, 0.2) is 0 Å². The van der Waals surface area contributed by atoms with E-state index in [-0.39, 0.29) is 17.0 Å². The number of nitrogens with zero attached hydrogens (tertiary/aromatic N) is 3. The van der Waals surface area contributed by atoms with Crippen molar-refractivity contribution in [2.75, 3.05) is 84.6 Å². The summed E-state index contributed by atoms with van der Waals surface area (Å²) in [5, 5.41) is 0. The molecule has 0 rings (SSSR count). The van der Waals surface area contributed by atoms with Crippen LogP contribution in [0.5, 0.6) is 0 Å². The third-order valence-electron chi connectivity index (χ3n) is 0. The van der Waals surface area contributed by atoms with Crippen molar-refractivity contribution in [3.8, 4) is 0 Å². The second-order valence-electron chi connectivity index (χ2n) is 8.62. The summed E-state index contributed by atoms with van der Waals surface area (Å²) in [7, 11) is 17.7. The summed E-state index contributed by atoms with van der Waals surface area (Å²) in [6, 6.07) is 0. The van der Waals surface area contributed by atoms with Gasteiger partial charge in [-0.2, -0.15) is 0 Å². The summed E-state index contributed by atoms with van der Waals surface area (Å²) in [4.78, 5) is 0. The first kappa shape index (κ1) is 40.4. The van der Waals surface area contributed by atoms with Crippen molar-refractivity contribution in [3.05, 3.63) is 0 Å². The fourth-order valence-corrected chi connectivity index (χ4v) is 0. The molecule has 13 heteroatoms. The van der Waals surface area contributed by atoms with E-state index in [0.29, 0.717) is 0 Å². The van der Waals surface area contributed by atoms with Crippen molar-refractivity contribution in [3.63, 3.8) is 0 Å². The molecule has 0 N–H and O–H groups in total. The van der Waals surface area contributed by atoms with E-state index < -0.39 is 21.0 Å². The Bertz CT molecular complexity index is 189. The van der Waals surface area contributed by atoms with E-state index in [4.69, 9.17) is 32.6 Å². The van der Waals surface area contributed by atoms with Gasteiger partial charge in [0.2, 0.25) is 0 Å². The van der Waals surface area contributed by atoms with Gasteiger partial charge < -0.3 is 44.4 Å². The molecule has 0 aliphatic heterocycles. The van der Waals surface area contributed by atoms with Crippen LogP contribution in [-0.4, -0.2) is 98.0 Å². The third kappa shape index (κ3) is 29100. The maximum Gasteiger partial charge on any atom is 0.0695 e. The predicted molar refractivity (Wildman–Crippen MR) is 71.9 cm³/mol. The largest absolute Gasteiger partial charge is 1.00 e. The van der Waals surface area contributed by atoms with Crippen molar-refractivity contribution in [2.24, 2.45) is 0 Å². The molecule has 25 heavy (non-hydrogen) atoms. The van der Waals surface area contributed by atoms with Gasteiger partial charge in [0.05, 0.1) is 95.4 Å². The monoisotopic (exact) mass is 483 g/mol. The first-order valence-electron chi connectivity index (χ1n) is 6.45. The van der Waals surface area contributed by atoms with Crippen LogP contribution in [0.15, 0.2) is 0 Å². The van der Waals surface area contributed by atoms with Crippen LogP contribution < -0.4 is 49.6 Å². The summed E-state index contributed by atoms with van der Waals surface area (Å²) >= 11 is 0. The minimum absolute atomic E-state index is 0. The van der Waals surface area contributed by atoms with Crippen molar-refractivity contribution in [1.29, 1.82) is 0 Å². The van der Waals surface area contributed by atoms with Gasteiger partial charge in [-0.1, -0.05) is 0 Å². The molecule has 0 amide bonds. The Kier molecular flexibility index (Phi) is 29.1. The van der Waals surface area contributed by atoms with Gasteiger partial charge in [-0.25, -0.2) is 18.6 Å². The van der Waals surface area contributed by atoms with E-state index in [2.05, 4.69) is 84.6 Å².